The van der Waals surface area contributed by atoms with E-state index in [2.05, 4.69) is 0 Å². The molecule has 0 spiro atoms. The summed E-state index contributed by atoms with van der Waals surface area (Å²) >= 11 is 5.80. The van der Waals surface area contributed by atoms with Crippen LogP contribution < -0.4 is 4.74 Å². The van der Waals surface area contributed by atoms with Crippen LogP contribution in [0.1, 0.15) is 12.8 Å². The molecule has 14 heavy (non-hydrogen) atoms. The minimum Gasteiger partial charge on any atom is -0.493 e. The highest BCUT2D eigenvalue weighted by Gasteiger charge is 2.26. The van der Waals surface area contributed by atoms with E-state index in [1.165, 1.54) is 0 Å². The van der Waals surface area contributed by atoms with E-state index in [-0.39, 0.29) is 0 Å². The largest absolute Gasteiger partial charge is 0.493 e. The van der Waals surface area contributed by atoms with E-state index >= 15 is 0 Å². The molecule has 2 nitrogen and oxygen atoms in total. The minimum absolute atomic E-state index is 0.338. The van der Waals surface area contributed by atoms with Crippen molar-refractivity contribution in [3.63, 3.8) is 0 Å². The van der Waals surface area contributed by atoms with Gasteiger partial charge in [0.25, 0.3) is 0 Å². The van der Waals surface area contributed by atoms with Crippen molar-refractivity contribution in [2.45, 2.75) is 12.8 Å². The Bertz CT molecular complexity index is 341. The smallest absolute Gasteiger partial charge is 0.133 e. The van der Waals surface area contributed by atoms with E-state index in [0.717, 1.165) is 5.75 Å². The van der Waals surface area contributed by atoms with E-state index in [4.69, 9.17) is 16.3 Å². The lowest BCUT2D eigenvalue weighted by atomic mass is 9.85. The zero-order valence-corrected chi connectivity index (χ0v) is 8.46. The highest BCUT2D eigenvalue weighted by molar-refractivity contribution is 6.30. The van der Waals surface area contributed by atoms with E-state index in [9.17, 15) is 4.79 Å². The maximum Gasteiger partial charge on any atom is 0.133 e. The molecule has 0 bridgehead atoms. The first-order chi connectivity index (χ1) is 6.74. The third-order valence-electron chi connectivity index (χ3n) is 2.31. The van der Waals surface area contributed by atoms with Gasteiger partial charge in [0.15, 0.2) is 0 Å². The van der Waals surface area contributed by atoms with Crippen molar-refractivity contribution in [3.8, 4) is 5.75 Å². The second-order valence-electron chi connectivity index (χ2n) is 3.58. The molecule has 1 aromatic rings. The third kappa shape index (κ3) is 2.26. The summed E-state index contributed by atoms with van der Waals surface area (Å²) in [5.74, 6) is 1.52. The van der Waals surface area contributed by atoms with Crippen molar-refractivity contribution in [2.24, 2.45) is 5.92 Å². The van der Waals surface area contributed by atoms with Crippen LogP contribution in [0.3, 0.4) is 0 Å². The van der Waals surface area contributed by atoms with Gasteiger partial charge in [0.05, 0.1) is 6.61 Å². The fourth-order valence-electron chi connectivity index (χ4n) is 1.47. The molecule has 0 heterocycles. The third-order valence-corrected chi connectivity index (χ3v) is 2.55. The molecule has 0 aromatic heterocycles. The van der Waals surface area contributed by atoms with Gasteiger partial charge in [0.1, 0.15) is 11.5 Å². The highest BCUT2D eigenvalue weighted by Crippen LogP contribution is 2.24. The lowest BCUT2D eigenvalue weighted by Crippen LogP contribution is -2.28. The van der Waals surface area contributed by atoms with Gasteiger partial charge in [-0.2, -0.15) is 0 Å². The first-order valence-electron chi connectivity index (χ1n) is 4.64. The number of carbonyl (C=O) groups excluding carboxylic acids is 1. The summed E-state index contributed by atoms with van der Waals surface area (Å²) in [5.41, 5.74) is 0. The van der Waals surface area contributed by atoms with Crippen LogP contribution in [0, 0.1) is 5.92 Å². The Hall–Kier alpha value is -1.02. The molecule has 0 amide bonds. The standard InChI is InChI=1S/C11H11ClO2/c12-9-2-1-3-11(6-9)14-7-8-4-10(13)5-8/h1-3,6,8H,4-5,7H2. The summed E-state index contributed by atoms with van der Waals surface area (Å²) in [5, 5.41) is 0.673. The number of Topliss-reactive ketones (excluding diaryl/α,β-unsaturated/α-hetero) is 1. The Kier molecular flexibility index (Phi) is 2.73. The van der Waals surface area contributed by atoms with Crippen LogP contribution in [-0.2, 0) is 4.79 Å². The molecular weight excluding hydrogens is 200 g/mol. The molecule has 1 aliphatic rings. The van der Waals surface area contributed by atoms with Crippen LogP contribution in [0.5, 0.6) is 5.75 Å². The zero-order chi connectivity index (χ0) is 9.97. The monoisotopic (exact) mass is 210 g/mol. The average Bonchev–Trinajstić information content (AvgIpc) is 2.11. The second-order valence-corrected chi connectivity index (χ2v) is 4.02. The van der Waals surface area contributed by atoms with E-state index < -0.39 is 0 Å². The number of hydrogen-bond donors (Lipinski definition) is 0. The number of benzene rings is 1. The fourth-order valence-corrected chi connectivity index (χ4v) is 1.65. The average molecular weight is 211 g/mol. The molecule has 74 valence electrons. The highest BCUT2D eigenvalue weighted by atomic mass is 35.5. The quantitative estimate of drug-likeness (QED) is 0.767. The van der Waals surface area contributed by atoms with Gasteiger partial charge >= 0.3 is 0 Å². The maximum absolute atomic E-state index is 10.7. The van der Waals surface area contributed by atoms with Gasteiger partial charge in [0.2, 0.25) is 0 Å². The molecular formula is C11H11ClO2. The van der Waals surface area contributed by atoms with Crippen molar-refractivity contribution in [1.29, 1.82) is 0 Å². The number of ketones is 1. The molecule has 0 unspecified atom stereocenters. The SMILES string of the molecule is O=C1CC(COc2cccc(Cl)c2)C1. The summed E-state index contributed by atoms with van der Waals surface area (Å²) in [4.78, 5) is 10.7. The van der Waals surface area contributed by atoms with E-state index in [1.54, 1.807) is 12.1 Å². The Balaban J connectivity index is 1.83. The number of rotatable bonds is 3. The molecule has 1 fully saturated rings. The van der Waals surface area contributed by atoms with Crippen molar-refractivity contribution < 1.29 is 9.53 Å². The van der Waals surface area contributed by atoms with Gasteiger partial charge in [-0.3, -0.25) is 4.79 Å². The minimum atomic E-state index is 0.338. The van der Waals surface area contributed by atoms with Gasteiger partial charge in [0, 0.05) is 23.8 Å². The maximum atomic E-state index is 10.7. The first-order valence-corrected chi connectivity index (χ1v) is 5.02. The Morgan fingerprint density at radius 3 is 2.86 bits per heavy atom. The van der Waals surface area contributed by atoms with Crippen LogP contribution in [-0.4, -0.2) is 12.4 Å². The zero-order valence-electron chi connectivity index (χ0n) is 7.70. The normalized spacial score (nSPS) is 16.5. The molecule has 0 radical (unpaired) electrons. The van der Waals surface area contributed by atoms with Crippen molar-refractivity contribution in [3.05, 3.63) is 29.3 Å². The van der Waals surface area contributed by atoms with Crippen LogP contribution in [0.2, 0.25) is 5.02 Å². The van der Waals surface area contributed by atoms with Gasteiger partial charge in [-0.05, 0) is 18.2 Å². The van der Waals surface area contributed by atoms with Crippen LogP contribution in [0.25, 0.3) is 0 Å². The van der Waals surface area contributed by atoms with Crippen LogP contribution in [0.4, 0.5) is 0 Å². The van der Waals surface area contributed by atoms with E-state index in [1.807, 2.05) is 12.1 Å². The Morgan fingerprint density at radius 2 is 2.21 bits per heavy atom. The van der Waals surface area contributed by atoms with Crippen LogP contribution >= 0.6 is 11.6 Å². The number of ether oxygens (including phenoxy) is 1. The molecule has 3 heteroatoms. The van der Waals surface area contributed by atoms with Crippen LogP contribution in [0.15, 0.2) is 24.3 Å². The summed E-state index contributed by atoms with van der Waals surface area (Å²) in [7, 11) is 0. The van der Waals surface area contributed by atoms with Crippen molar-refractivity contribution >= 4 is 17.4 Å². The van der Waals surface area contributed by atoms with Crippen molar-refractivity contribution in [2.75, 3.05) is 6.61 Å². The van der Waals surface area contributed by atoms with Gasteiger partial charge in [-0.15, -0.1) is 0 Å². The predicted octanol–water partition coefficient (Wildman–Crippen LogP) is 2.70. The first kappa shape index (κ1) is 9.53. The van der Waals surface area contributed by atoms with Gasteiger partial charge < -0.3 is 4.74 Å². The van der Waals surface area contributed by atoms with Gasteiger partial charge in [-0.25, -0.2) is 0 Å². The molecule has 0 atom stereocenters. The summed E-state index contributed by atoms with van der Waals surface area (Å²) in [6.07, 6.45) is 1.33. The number of hydrogen-bond acceptors (Lipinski definition) is 2. The molecule has 2 rings (SSSR count). The second kappa shape index (κ2) is 4.01. The summed E-state index contributed by atoms with van der Waals surface area (Å²) < 4.78 is 5.50. The van der Waals surface area contributed by atoms with E-state index in [0.29, 0.717) is 36.2 Å². The number of halogens is 1. The molecule has 1 saturated carbocycles. The molecule has 0 saturated heterocycles. The topological polar surface area (TPSA) is 26.3 Å². The molecule has 0 N–H and O–H groups in total. The molecule has 0 aliphatic heterocycles. The van der Waals surface area contributed by atoms with Crippen molar-refractivity contribution in [1.82, 2.24) is 0 Å². The Labute approximate surface area is 87.8 Å². The summed E-state index contributed by atoms with van der Waals surface area (Å²) in [6.45, 7) is 0.617. The van der Waals surface area contributed by atoms with Gasteiger partial charge in [-0.1, -0.05) is 17.7 Å². The lowest BCUT2D eigenvalue weighted by Gasteiger charge is -2.23. The number of carbonyl (C=O) groups is 1. The lowest BCUT2D eigenvalue weighted by molar-refractivity contribution is -0.127. The molecule has 1 aromatic carbocycles. The predicted molar refractivity (Wildman–Crippen MR) is 54.7 cm³/mol. The Morgan fingerprint density at radius 1 is 1.43 bits per heavy atom. The fraction of sp³-hybridized carbons (Fsp3) is 0.364. The molecule has 1 aliphatic carbocycles. The summed E-state index contributed by atoms with van der Waals surface area (Å²) in [6, 6.07) is 7.30.